The summed E-state index contributed by atoms with van der Waals surface area (Å²) in [5, 5.41) is 0.499. The molecule has 0 aromatic heterocycles. The summed E-state index contributed by atoms with van der Waals surface area (Å²) in [4.78, 5) is 35.0. The molecule has 0 aliphatic heterocycles. The number of ketones is 1. The Bertz CT molecular complexity index is 477. The van der Waals surface area contributed by atoms with Gasteiger partial charge in [-0.25, -0.2) is 0 Å². The van der Waals surface area contributed by atoms with Crippen LogP contribution in [0.25, 0.3) is 0 Å². The Morgan fingerprint density at radius 3 is 1.85 bits per heavy atom. The second kappa shape index (κ2) is 7.65. The quantitative estimate of drug-likeness (QED) is 0.595. The van der Waals surface area contributed by atoms with Gasteiger partial charge < -0.3 is 9.47 Å². The van der Waals surface area contributed by atoms with Gasteiger partial charge in [0.15, 0.2) is 5.78 Å². The lowest BCUT2D eigenvalue weighted by Crippen LogP contribution is -2.23. The van der Waals surface area contributed by atoms with Crippen molar-refractivity contribution in [1.29, 1.82) is 0 Å². The molecule has 1 aromatic carbocycles. The maximum absolute atomic E-state index is 12.3. The summed E-state index contributed by atoms with van der Waals surface area (Å²) in [6.07, 6.45) is -0.347. The van der Waals surface area contributed by atoms with Gasteiger partial charge in [-0.05, 0) is 24.3 Å². The number of benzene rings is 1. The molecular weight excluding hydrogens is 284 g/mol. The molecule has 0 aliphatic carbocycles. The van der Waals surface area contributed by atoms with Crippen LogP contribution in [0, 0.1) is 5.92 Å². The van der Waals surface area contributed by atoms with Crippen LogP contribution in [0.4, 0.5) is 0 Å². The van der Waals surface area contributed by atoms with Gasteiger partial charge in [-0.3, -0.25) is 14.4 Å². The molecule has 0 N–H and O–H groups in total. The van der Waals surface area contributed by atoms with E-state index in [9.17, 15) is 14.4 Å². The average Bonchev–Trinajstić information content (AvgIpc) is 2.46. The monoisotopic (exact) mass is 298 g/mol. The first-order valence-electron chi connectivity index (χ1n) is 5.91. The van der Waals surface area contributed by atoms with Crippen molar-refractivity contribution in [3.8, 4) is 0 Å². The minimum atomic E-state index is -0.809. The summed E-state index contributed by atoms with van der Waals surface area (Å²) in [6, 6.07) is 6.24. The summed E-state index contributed by atoms with van der Waals surface area (Å²) >= 11 is 5.75. The second-order valence-corrected chi connectivity index (χ2v) is 4.57. The maximum Gasteiger partial charge on any atom is 0.306 e. The van der Waals surface area contributed by atoms with E-state index in [1.807, 2.05) is 0 Å². The number of ether oxygens (including phenoxy) is 2. The highest BCUT2D eigenvalue weighted by atomic mass is 35.5. The van der Waals surface area contributed by atoms with E-state index >= 15 is 0 Å². The molecule has 0 bridgehead atoms. The Morgan fingerprint density at radius 2 is 1.45 bits per heavy atom. The zero-order valence-corrected chi connectivity index (χ0v) is 12.0. The third-order valence-corrected chi connectivity index (χ3v) is 3.03. The molecule has 0 atom stereocenters. The molecule has 1 rings (SSSR count). The first-order valence-corrected chi connectivity index (χ1v) is 6.29. The van der Waals surface area contributed by atoms with Crippen LogP contribution in [0.1, 0.15) is 23.2 Å². The van der Waals surface area contributed by atoms with E-state index in [0.29, 0.717) is 10.6 Å². The molecular formula is C14H15ClO5. The van der Waals surface area contributed by atoms with E-state index in [1.165, 1.54) is 14.2 Å². The number of carbonyl (C=O) groups excluding carboxylic acids is 3. The summed E-state index contributed by atoms with van der Waals surface area (Å²) in [5.74, 6) is -2.24. The summed E-state index contributed by atoms with van der Waals surface area (Å²) in [5.41, 5.74) is 0.382. The van der Waals surface area contributed by atoms with Crippen LogP contribution in [0.2, 0.25) is 5.02 Å². The smallest absolute Gasteiger partial charge is 0.306 e. The lowest BCUT2D eigenvalue weighted by molar-refractivity contribution is -0.143. The van der Waals surface area contributed by atoms with E-state index in [0.717, 1.165) is 0 Å². The number of methoxy groups -OCH3 is 2. The topological polar surface area (TPSA) is 69.7 Å². The molecule has 1 aromatic rings. The van der Waals surface area contributed by atoms with Crippen LogP contribution in [0.15, 0.2) is 24.3 Å². The van der Waals surface area contributed by atoms with E-state index in [1.54, 1.807) is 24.3 Å². The maximum atomic E-state index is 12.3. The highest BCUT2D eigenvalue weighted by molar-refractivity contribution is 6.30. The van der Waals surface area contributed by atoms with Crippen LogP contribution >= 0.6 is 11.6 Å². The molecule has 0 fully saturated rings. The van der Waals surface area contributed by atoms with Crippen molar-refractivity contribution in [3.63, 3.8) is 0 Å². The number of rotatable bonds is 6. The van der Waals surface area contributed by atoms with Crippen LogP contribution < -0.4 is 0 Å². The number of carbonyl (C=O) groups is 3. The zero-order chi connectivity index (χ0) is 15.1. The lowest BCUT2D eigenvalue weighted by atomic mass is 9.91. The first-order chi connectivity index (χ1) is 9.47. The highest BCUT2D eigenvalue weighted by Crippen LogP contribution is 2.19. The molecule has 0 aliphatic rings. The minimum Gasteiger partial charge on any atom is -0.469 e. The Balaban J connectivity index is 2.90. The molecule has 0 saturated carbocycles. The standard InChI is InChI=1S/C14H15ClO5/c1-19-12(16)7-10(8-13(17)20-2)14(18)9-3-5-11(15)6-4-9/h3-6,10H,7-8H2,1-2H3. The van der Waals surface area contributed by atoms with Crippen LogP contribution in [-0.2, 0) is 19.1 Å². The molecule has 0 amide bonds. The van der Waals surface area contributed by atoms with Gasteiger partial charge in [0, 0.05) is 16.5 Å². The van der Waals surface area contributed by atoms with Crippen LogP contribution in [0.3, 0.4) is 0 Å². The molecule has 108 valence electrons. The number of hydrogen-bond donors (Lipinski definition) is 0. The van der Waals surface area contributed by atoms with Gasteiger partial charge in [0.25, 0.3) is 0 Å². The van der Waals surface area contributed by atoms with Crippen LogP contribution in [-0.4, -0.2) is 31.9 Å². The Hall–Kier alpha value is -1.88. The van der Waals surface area contributed by atoms with Gasteiger partial charge in [-0.15, -0.1) is 0 Å². The van der Waals surface area contributed by atoms with Gasteiger partial charge in [0.1, 0.15) is 0 Å². The molecule has 0 spiro atoms. The third kappa shape index (κ3) is 4.66. The van der Waals surface area contributed by atoms with Gasteiger partial charge in [-0.1, -0.05) is 11.6 Å². The normalized spacial score (nSPS) is 10.2. The second-order valence-electron chi connectivity index (χ2n) is 4.13. The van der Waals surface area contributed by atoms with Gasteiger partial charge in [-0.2, -0.15) is 0 Å². The largest absolute Gasteiger partial charge is 0.469 e. The summed E-state index contributed by atoms with van der Waals surface area (Å²) < 4.78 is 9.07. The Morgan fingerprint density at radius 1 is 1.00 bits per heavy atom. The number of Topliss-reactive ketones (excluding diaryl/α,β-unsaturated/α-hetero) is 1. The van der Waals surface area contributed by atoms with Crippen molar-refractivity contribution < 1.29 is 23.9 Å². The number of esters is 2. The third-order valence-electron chi connectivity index (χ3n) is 2.78. The van der Waals surface area contributed by atoms with E-state index < -0.39 is 17.9 Å². The van der Waals surface area contributed by atoms with E-state index in [-0.39, 0.29) is 18.6 Å². The minimum absolute atomic E-state index is 0.174. The van der Waals surface area contributed by atoms with Crippen molar-refractivity contribution >= 4 is 29.3 Å². The molecule has 0 saturated heterocycles. The van der Waals surface area contributed by atoms with Gasteiger partial charge >= 0.3 is 11.9 Å². The first kappa shape index (κ1) is 16.2. The van der Waals surface area contributed by atoms with Gasteiger partial charge in [0.05, 0.1) is 27.1 Å². The molecule has 5 nitrogen and oxygen atoms in total. The van der Waals surface area contributed by atoms with Crippen molar-refractivity contribution in [2.75, 3.05) is 14.2 Å². The Labute approximate surface area is 121 Å². The molecule has 6 heteroatoms. The molecule has 20 heavy (non-hydrogen) atoms. The number of halogens is 1. The van der Waals surface area contributed by atoms with Crippen molar-refractivity contribution in [2.45, 2.75) is 12.8 Å². The van der Waals surface area contributed by atoms with Gasteiger partial charge in [0.2, 0.25) is 0 Å². The fourth-order valence-electron chi connectivity index (χ4n) is 1.68. The molecule has 0 unspecified atom stereocenters. The summed E-state index contributed by atoms with van der Waals surface area (Å²) in [7, 11) is 2.45. The molecule has 0 heterocycles. The van der Waals surface area contributed by atoms with Crippen molar-refractivity contribution in [3.05, 3.63) is 34.9 Å². The molecule has 0 radical (unpaired) electrons. The SMILES string of the molecule is COC(=O)CC(CC(=O)OC)C(=O)c1ccc(Cl)cc1. The average molecular weight is 299 g/mol. The number of hydrogen-bond acceptors (Lipinski definition) is 5. The van der Waals surface area contributed by atoms with Crippen molar-refractivity contribution in [2.24, 2.45) is 5.92 Å². The van der Waals surface area contributed by atoms with Crippen molar-refractivity contribution in [1.82, 2.24) is 0 Å². The Kier molecular flexibility index (Phi) is 6.18. The fourth-order valence-corrected chi connectivity index (χ4v) is 1.80. The predicted molar refractivity (Wildman–Crippen MR) is 72.5 cm³/mol. The predicted octanol–water partition coefficient (Wildman–Crippen LogP) is 2.27. The summed E-state index contributed by atoms with van der Waals surface area (Å²) in [6.45, 7) is 0. The highest BCUT2D eigenvalue weighted by Gasteiger charge is 2.26. The fraction of sp³-hybridized carbons (Fsp3) is 0.357. The lowest BCUT2D eigenvalue weighted by Gasteiger charge is -2.13. The van der Waals surface area contributed by atoms with E-state index in [2.05, 4.69) is 9.47 Å². The zero-order valence-electron chi connectivity index (χ0n) is 11.2. The van der Waals surface area contributed by atoms with E-state index in [4.69, 9.17) is 11.6 Å². The van der Waals surface area contributed by atoms with Crippen LogP contribution in [0.5, 0.6) is 0 Å².